The van der Waals surface area contributed by atoms with Crippen molar-refractivity contribution in [3.8, 4) is 11.5 Å². The first kappa shape index (κ1) is 19.5. The molecule has 2 aromatic carbocycles. The number of hydrogen-bond acceptors (Lipinski definition) is 3. The quantitative estimate of drug-likeness (QED) is 0.451. The summed E-state index contributed by atoms with van der Waals surface area (Å²) in [7, 11) is 0. The Hall–Kier alpha value is -0.810. The molecule has 0 aromatic heterocycles. The molecule has 0 atom stereocenters. The number of rotatable bonds is 7. The van der Waals surface area contributed by atoms with E-state index in [0.717, 1.165) is 25.8 Å². The molecule has 0 bridgehead atoms. The van der Waals surface area contributed by atoms with E-state index in [9.17, 15) is 0 Å². The van der Waals surface area contributed by atoms with Gasteiger partial charge in [0.25, 0.3) is 0 Å². The minimum absolute atomic E-state index is 0.176. The molecule has 24 heavy (non-hydrogen) atoms. The van der Waals surface area contributed by atoms with Crippen molar-refractivity contribution < 1.29 is 9.47 Å². The SMILES string of the molecule is CC(C)Oc1ccc(Sc2ccc(OCC=C(Cl)Cl)c(Br)c2)cc1. The molecule has 0 spiro atoms. The third kappa shape index (κ3) is 6.60. The van der Waals surface area contributed by atoms with Gasteiger partial charge in [-0.2, -0.15) is 0 Å². The molecular weight excluding hydrogens is 431 g/mol. The molecule has 0 saturated heterocycles. The Labute approximate surface area is 165 Å². The van der Waals surface area contributed by atoms with Crippen LogP contribution in [0.15, 0.2) is 67.3 Å². The van der Waals surface area contributed by atoms with Crippen LogP contribution >= 0.6 is 50.9 Å². The lowest BCUT2D eigenvalue weighted by Gasteiger charge is -2.10. The molecule has 0 radical (unpaired) electrons. The van der Waals surface area contributed by atoms with E-state index >= 15 is 0 Å². The maximum absolute atomic E-state index is 5.65. The summed E-state index contributed by atoms with van der Waals surface area (Å²) in [5.74, 6) is 1.62. The van der Waals surface area contributed by atoms with Crippen LogP contribution in [0.4, 0.5) is 0 Å². The smallest absolute Gasteiger partial charge is 0.134 e. The largest absolute Gasteiger partial charge is 0.491 e. The van der Waals surface area contributed by atoms with Crippen LogP contribution < -0.4 is 9.47 Å². The highest BCUT2D eigenvalue weighted by molar-refractivity contribution is 9.10. The first-order chi connectivity index (χ1) is 11.4. The molecule has 0 N–H and O–H groups in total. The van der Waals surface area contributed by atoms with Gasteiger partial charge in [0.05, 0.1) is 10.6 Å². The second-order valence-corrected chi connectivity index (χ2v) is 8.15. The van der Waals surface area contributed by atoms with Crippen molar-refractivity contribution in [2.24, 2.45) is 0 Å². The Morgan fingerprint density at radius 1 is 1.12 bits per heavy atom. The molecule has 0 aliphatic carbocycles. The van der Waals surface area contributed by atoms with Crippen molar-refractivity contribution in [2.75, 3.05) is 6.61 Å². The van der Waals surface area contributed by atoms with Gasteiger partial charge in [0.15, 0.2) is 0 Å². The lowest BCUT2D eigenvalue weighted by Crippen LogP contribution is -2.04. The minimum atomic E-state index is 0.176. The van der Waals surface area contributed by atoms with Crippen LogP contribution in [0.1, 0.15) is 13.8 Å². The second-order valence-electron chi connectivity index (χ2n) is 5.14. The van der Waals surface area contributed by atoms with Gasteiger partial charge in [0, 0.05) is 9.79 Å². The van der Waals surface area contributed by atoms with E-state index in [1.54, 1.807) is 17.8 Å². The molecule has 0 unspecified atom stereocenters. The molecule has 0 saturated carbocycles. The Morgan fingerprint density at radius 3 is 2.38 bits per heavy atom. The van der Waals surface area contributed by atoms with Crippen molar-refractivity contribution in [1.29, 1.82) is 0 Å². The maximum Gasteiger partial charge on any atom is 0.134 e. The van der Waals surface area contributed by atoms with E-state index in [4.69, 9.17) is 32.7 Å². The van der Waals surface area contributed by atoms with Crippen molar-refractivity contribution in [2.45, 2.75) is 29.7 Å². The van der Waals surface area contributed by atoms with Gasteiger partial charge in [-0.05, 0) is 78.3 Å². The number of ether oxygens (including phenoxy) is 2. The average Bonchev–Trinajstić information content (AvgIpc) is 2.50. The maximum atomic E-state index is 5.65. The highest BCUT2D eigenvalue weighted by atomic mass is 79.9. The molecule has 0 amide bonds. The van der Waals surface area contributed by atoms with Gasteiger partial charge >= 0.3 is 0 Å². The van der Waals surface area contributed by atoms with E-state index in [2.05, 4.69) is 15.9 Å². The topological polar surface area (TPSA) is 18.5 Å². The van der Waals surface area contributed by atoms with Gasteiger partial charge in [-0.15, -0.1) is 0 Å². The molecule has 0 heterocycles. The van der Waals surface area contributed by atoms with Crippen LogP contribution in [0.3, 0.4) is 0 Å². The van der Waals surface area contributed by atoms with Crippen LogP contribution in [0.2, 0.25) is 0 Å². The van der Waals surface area contributed by atoms with Gasteiger partial charge in [-0.25, -0.2) is 0 Å². The summed E-state index contributed by atoms with van der Waals surface area (Å²) in [6.07, 6.45) is 1.77. The predicted octanol–water partition coefficient (Wildman–Crippen LogP) is 7.09. The fraction of sp³-hybridized carbons (Fsp3) is 0.222. The fourth-order valence-electron chi connectivity index (χ4n) is 1.85. The normalized spacial score (nSPS) is 10.6. The van der Waals surface area contributed by atoms with E-state index in [0.29, 0.717) is 6.61 Å². The summed E-state index contributed by atoms with van der Waals surface area (Å²) in [6, 6.07) is 14.0. The monoisotopic (exact) mass is 446 g/mol. The lowest BCUT2D eigenvalue weighted by atomic mass is 10.3. The van der Waals surface area contributed by atoms with E-state index < -0.39 is 0 Å². The zero-order chi connectivity index (χ0) is 17.5. The van der Waals surface area contributed by atoms with Gasteiger partial charge in [0.2, 0.25) is 0 Å². The Morgan fingerprint density at radius 2 is 1.79 bits per heavy atom. The van der Waals surface area contributed by atoms with Gasteiger partial charge in [0.1, 0.15) is 22.6 Å². The van der Waals surface area contributed by atoms with Crippen molar-refractivity contribution in [3.05, 3.63) is 57.5 Å². The molecule has 128 valence electrons. The van der Waals surface area contributed by atoms with Crippen LogP contribution in [0, 0.1) is 0 Å². The Kier molecular flexibility index (Phi) is 7.82. The highest BCUT2D eigenvalue weighted by Gasteiger charge is 2.05. The molecule has 2 aromatic rings. The Balaban J connectivity index is 2.00. The molecule has 0 fully saturated rings. The average molecular weight is 448 g/mol. The summed E-state index contributed by atoms with van der Waals surface area (Å²) in [4.78, 5) is 2.25. The van der Waals surface area contributed by atoms with Crippen LogP contribution in [0.25, 0.3) is 0 Å². The summed E-state index contributed by atoms with van der Waals surface area (Å²) < 4.78 is 12.3. The lowest BCUT2D eigenvalue weighted by molar-refractivity contribution is 0.242. The molecular formula is C18H17BrCl2O2S. The first-order valence-corrected chi connectivity index (χ1v) is 9.68. The summed E-state index contributed by atoms with van der Waals surface area (Å²) in [5, 5.41) is 0. The zero-order valence-electron chi connectivity index (χ0n) is 13.3. The Bertz CT molecular complexity index is 699. The summed E-state index contributed by atoms with van der Waals surface area (Å²) >= 11 is 16.3. The third-order valence-electron chi connectivity index (χ3n) is 2.81. The summed E-state index contributed by atoms with van der Waals surface area (Å²) in [6.45, 7) is 4.35. The molecule has 2 nitrogen and oxygen atoms in total. The van der Waals surface area contributed by atoms with Gasteiger partial charge < -0.3 is 9.47 Å². The highest BCUT2D eigenvalue weighted by Crippen LogP contribution is 2.34. The van der Waals surface area contributed by atoms with Gasteiger partial charge in [-0.3, -0.25) is 0 Å². The first-order valence-electron chi connectivity index (χ1n) is 7.32. The number of halogens is 3. The van der Waals surface area contributed by atoms with Crippen molar-refractivity contribution >= 4 is 50.9 Å². The minimum Gasteiger partial charge on any atom is -0.491 e. The summed E-state index contributed by atoms with van der Waals surface area (Å²) in [5.41, 5.74) is 0. The standard InChI is InChI=1S/C18H17BrCl2O2S/c1-12(2)23-13-3-5-14(6-4-13)24-15-7-8-17(16(19)11-15)22-10-9-18(20)21/h3-9,11-12H,10H2,1-2H3. The number of benzene rings is 2. The predicted molar refractivity (Wildman–Crippen MR) is 106 cm³/mol. The molecule has 0 aliphatic rings. The van der Waals surface area contributed by atoms with E-state index in [-0.39, 0.29) is 10.6 Å². The molecule has 2 rings (SSSR count). The van der Waals surface area contributed by atoms with Crippen molar-refractivity contribution in [3.63, 3.8) is 0 Å². The fourth-order valence-corrected chi connectivity index (χ4v) is 3.48. The van der Waals surface area contributed by atoms with Gasteiger partial charge in [-0.1, -0.05) is 35.0 Å². The number of hydrogen-bond donors (Lipinski definition) is 0. The van der Waals surface area contributed by atoms with Crippen LogP contribution in [-0.4, -0.2) is 12.7 Å². The zero-order valence-corrected chi connectivity index (χ0v) is 17.2. The second kappa shape index (κ2) is 9.62. The third-order valence-corrected chi connectivity index (χ3v) is 4.74. The van der Waals surface area contributed by atoms with Crippen molar-refractivity contribution in [1.82, 2.24) is 0 Å². The van der Waals surface area contributed by atoms with Crippen LogP contribution in [0.5, 0.6) is 11.5 Å². The van der Waals surface area contributed by atoms with E-state index in [1.165, 1.54) is 0 Å². The van der Waals surface area contributed by atoms with E-state index in [1.807, 2.05) is 56.3 Å². The molecule has 0 aliphatic heterocycles. The molecule has 6 heteroatoms. The van der Waals surface area contributed by atoms with Crippen LogP contribution in [-0.2, 0) is 0 Å².